The van der Waals surface area contributed by atoms with E-state index in [9.17, 15) is 17.6 Å². The number of alkyl halides is 3. The van der Waals surface area contributed by atoms with Crippen molar-refractivity contribution in [1.82, 2.24) is 24.3 Å². The number of hydrogen-bond donors (Lipinski definition) is 0. The monoisotopic (exact) mass is 490 g/mol. The van der Waals surface area contributed by atoms with Crippen LogP contribution in [-0.2, 0) is 13.6 Å². The number of methoxy groups -OCH3 is 2. The Morgan fingerprint density at radius 1 is 1.11 bits per heavy atom. The van der Waals surface area contributed by atoms with Gasteiger partial charge in [0.25, 0.3) is 0 Å². The Kier molecular flexibility index (Phi) is 6.46. The largest absolute Gasteiger partial charge is 0.497 e. The molecule has 1 unspecified atom stereocenters. The molecule has 3 heterocycles. The molecule has 8 nitrogen and oxygen atoms in total. The lowest BCUT2D eigenvalue weighted by atomic mass is 10.1. The summed E-state index contributed by atoms with van der Waals surface area (Å²) >= 11 is 0. The smallest absolute Gasteiger partial charge is 0.393 e. The van der Waals surface area contributed by atoms with E-state index in [2.05, 4.69) is 20.1 Å². The lowest BCUT2D eigenvalue weighted by Gasteiger charge is -2.19. The van der Waals surface area contributed by atoms with Gasteiger partial charge in [0.15, 0.2) is 17.2 Å². The number of aryl methyl sites for hydroxylation is 1. The van der Waals surface area contributed by atoms with Crippen molar-refractivity contribution in [2.45, 2.75) is 19.6 Å². The zero-order valence-electron chi connectivity index (χ0n) is 19.3. The second-order valence-corrected chi connectivity index (χ2v) is 7.89. The minimum absolute atomic E-state index is 0.0560. The fourth-order valence-corrected chi connectivity index (χ4v) is 3.43. The summed E-state index contributed by atoms with van der Waals surface area (Å²) in [5.74, 6) is -2.35. The fraction of sp³-hybridized carbons (Fsp3) is 0.304. The number of ether oxygens (including phenoxy) is 2. The molecular formula is C23H22F4N6O2. The van der Waals surface area contributed by atoms with E-state index in [1.807, 2.05) is 0 Å². The number of hydrogen-bond acceptors (Lipinski definition) is 6. The van der Waals surface area contributed by atoms with Gasteiger partial charge >= 0.3 is 6.18 Å². The number of rotatable bonds is 6. The quantitative estimate of drug-likeness (QED) is 0.374. The van der Waals surface area contributed by atoms with E-state index in [0.29, 0.717) is 16.8 Å². The molecule has 1 aromatic carbocycles. The average molecular weight is 490 g/mol. The molecule has 0 fully saturated rings. The van der Waals surface area contributed by atoms with E-state index in [-0.39, 0.29) is 28.3 Å². The molecule has 0 aliphatic rings. The van der Waals surface area contributed by atoms with Crippen LogP contribution in [0.25, 0.3) is 22.4 Å². The first-order chi connectivity index (χ1) is 16.6. The lowest BCUT2D eigenvalue weighted by molar-refractivity contribution is -0.172. The normalized spacial score (nSPS) is 13.3. The Balaban J connectivity index is 1.99. The molecule has 0 saturated heterocycles. The highest BCUT2D eigenvalue weighted by Crippen LogP contribution is 2.32. The van der Waals surface area contributed by atoms with Crippen molar-refractivity contribution in [1.29, 1.82) is 0 Å². The highest BCUT2D eigenvalue weighted by molar-refractivity contribution is 5.73. The highest BCUT2D eigenvalue weighted by atomic mass is 19.4. The predicted molar refractivity (Wildman–Crippen MR) is 120 cm³/mol. The van der Waals surface area contributed by atoms with Crippen LogP contribution >= 0.6 is 0 Å². The van der Waals surface area contributed by atoms with Crippen LogP contribution in [0, 0.1) is 11.7 Å². The Labute approximate surface area is 197 Å². The molecule has 4 rings (SSSR count). The summed E-state index contributed by atoms with van der Waals surface area (Å²) in [7, 11) is 4.42. The molecule has 0 aliphatic heterocycles. The Morgan fingerprint density at radius 3 is 2.51 bits per heavy atom. The van der Waals surface area contributed by atoms with Crippen LogP contribution in [0.2, 0.25) is 0 Å². The summed E-state index contributed by atoms with van der Waals surface area (Å²) in [6, 6.07) is 5.71. The fourth-order valence-electron chi connectivity index (χ4n) is 3.43. The van der Waals surface area contributed by atoms with Gasteiger partial charge in [-0.3, -0.25) is 9.67 Å². The molecule has 35 heavy (non-hydrogen) atoms. The van der Waals surface area contributed by atoms with Crippen molar-refractivity contribution in [3.63, 3.8) is 0 Å². The molecule has 184 valence electrons. The van der Waals surface area contributed by atoms with E-state index in [4.69, 9.17) is 9.47 Å². The maximum absolute atomic E-state index is 15.0. The second-order valence-electron chi connectivity index (χ2n) is 7.89. The van der Waals surface area contributed by atoms with Crippen molar-refractivity contribution >= 4 is 16.9 Å². The van der Waals surface area contributed by atoms with Crippen molar-refractivity contribution < 1.29 is 27.0 Å². The van der Waals surface area contributed by atoms with Crippen molar-refractivity contribution in [2.75, 3.05) is 14.2 Å². The first kappa shape index (κ1) is 24.2. The van der Waals surface area contributed by atoms with Crippen LogP contribution in [0.1, 0.15) is 6.92 Å². The van der Waals surface area contributed by atoms with Crippen LogP contribution in [0.4, 0.5) is 23.2 Å². The van der Waals surface area contributed by atoms with Crippen LogP contribution < -0.4 is 15.0 Å². The first-order valence-corrected chi connectivity index (χ1v) is 10.5. The average Bonchev–Trinajstić information content (AvgIpc) is 3.26. The number of halogens is 4. The van der Waals surface area contributed by atoms with Gasteiger partial charge in [-0.15, -0.1) is 0 Å². The zero-order valence-corrected chi connectivity index (χ0v) is 19.3. The zero-order chi connectivity index (χ0) is 25.3. The van der Waals surface area contributed by atoms with Gasteiger partial charge in [-0.1, -0.05) is 6.92 Å². The van der Waals surface area contributed by atoms with Gasteiger partial charge in [-0.05, 0) is 12.1 Å². The van der Waals surface area contributed by atoms with Crippen LogP contribution in [0.5, 0.6) is 11.5 Å². The Morgan fingerprint density at radius 2 is 1.89 bits per heavy atom. The van der Waals surface area contributed by atoms with Gasteiger partial charge in [-0.25, -0.2) is 14.4 Å². The van der Waals surface area contributed by atoms with E-state index >= 15 is 0 Å². The molecule has 0 radical (unpaired) electrons. The maximum Gasteiger partial charge on any atom is 0.393 e. The third-order valence-electron chi connectivity index (χ3n) is 5.40. The van der Waals surface area contributed by atoms with E-state index in [1.165, 1.54) is 43.2 Å². The van der Waals surface area contributed by atoms with Crippen molar-refractivity contribution in [3.8, 4) is 22.8 Å². The Hall–Kier alpha value is -3.96. The number of aromatic nitrogens is 5. The van der Waals surface area contributed by atoms with Crippen LogP contribution in [0.3, 0.4) is 0 Å². The van der Waals surface area contributed by atoms with Crippen LogP contribution in [-0.4, -0.2) is 44.7 Å². The van der Waals surface area contributed by atoms with Crippen molar-refractivity contribution in [3.05, 3.63) is 54.2 Å². The molecule has 0 N–H and O–H groups in total. The van der Waals surface area contributed by atoms with Crippen molar-refractivity contribution in [2.24, 2.45) is 18.0 Å². The molecule has 0 amide bonds. The van der Waals surface area contributed by atoms with E-state index in [1.54, 1.807) is 30.2 Å². The highest BCUT2D eigenvalue weighted by Gasteiger charge is 2.36. The van der Waals surface area contributed by atoms with Crippen LogP contribution in [0.15, 0.2) is 47.8 Å². The van der Waals surface area contributed by atoms with Gasteiger partial charge < -0.3 is 14.0 Å². The van der Waals surface area contributed by atoms with Gasteiger partial charge in [0, 0.05) is 37.5 Å². The van der Waals surface area contributed by atoms with Gasteiger partial charge in [0.2, 0.25) is 0 Å². The predicted octanol–water partition coefficient (Wildman–Crippen LogP) is 4.42. The summed E-state index contributed by atoms with van der Waals surface area (Å²) < 4.78 is 68.6. The molecule has 0 saturated carbocycles. The summed E-state index contributed by atoms with van der Waals surface area (Å²) in [6.45, 7) is 0.552. The summed E-state index contributed by atoms with van der Waals surface area (Å²) in [5, 5.41) is 4.10. The van der Waals surface area contributed by atoms with E-state index < -0.39 is 24.5 Å². The summed E-state index contributed by atoms with van der Waals surface area (Å²) in [5.41, 5.74) is 1.48. The number of benzene rings is 1. The molecule has 0 spiro atoms. The number of pyridine rings is 1. The third kappa shape index (κ3) is 4.96. The van der Waals surface area contributed by atoms with Gasteiger partial charge in [0.05, 0.1) is 38.2 Å². The van der Waals surface area contributed by atoms with Gasteiger partial charge in [0.1, 0.15) is 22.4 Å². The lowest BCUT2D eigenvalue weighted by Crippen LogP contribution is -2.31. The third-order valence-corrected chi connectivity index (χ3v) is 5.40. The topological polar surface area (TPSA) is 79.4 Å². The van der Waals surface area contributed by atoms with Gasteiger partial charge in [-0.2, -0.15) is 18.3 Å². The summed E-state index contributed by atoms with van der Waals surface area (Å²) in [4.78, 5) is 13.2. The second kappa shape index (κ2) is 9.35. The number of nitrogens with zero attached hydrogens (tertiary/aromatic N) is 6. The number of fused-ring (bicyclic) bond motifs is 1. The molecule has 0 bridgehead atoms. The molecule has 1 atom stereocenters. The SMILES string of the molecule is COc1cc(N=c2ccc3ncc(-c4cnn(C)c4)nc3n2CC(C)C(F)(F)F)c(F)c(OC)c1. The molecular weight excluding hydrogens is 468 g/mol. The summed E-state index contributed by atoms with van der Waals surface area (Å²) in [6.07, 6.45) is 0.334. The minimum Gasteiger partial charge on any atom is -0.497 e. The molecule has 0 aliphatic carbocycles. The molecule has 4 aromatic rings. The maximum atomic E-state index is 15.0. The first-order valence-electron chi connectivity index (χ1n) is 10.5. The Bertz CT molecular complexity index is 1440. The standard InChI is InChI=1S/C23H22F4N6O2/c1-13(23(25,26)27)11-33-20(30-17-7-15(34-3)8-19(35-4)21(17)24)6-5-16-22(33)31-18(10-28-16)14-9-29-32(2)12-14/h5-10,12-13H,11H2,1-4H3. The molecule has 12 heteroatoms. The molecule has 3 aromatic heterocycles. The van der Waals surface area contributed by atoms with E-state index in [0.717, 1.165) is 6.92 Å². The minimum atomic E-state index is -4.47.